The van der Waals surface area contributed by atoms with Crippen LogP contribution in [0.1, 0.15) is 12.5 Å². The van der Waals surface area contributed by atoms with Crippen LogP contribution in [0.3, 0.4) is 0 Å². The zero-order valence-corrected chi connectivity index (χ0v) is 24.8. The maximum atomic E-state index is 14.6. The van der Waals surface area contributed by atoms with E-state index >= 15 is 0 Å². The molecule has 0 aliphatic carbocycles. The second-order valence-electron chi connectivity index (χ2n) is 8.75. The van der Waals surface area contributed by atoms with Crippen molar-refractivity contribution in [2.24, 2.45) is 0 Å². The molecule has 0 spiro atoms. The standard InChI is InChI=1S/C28H31ClFN3O7S/c1-18(28(35)31-2)32(16-19-8-6-7-9-22(19)30)27(34)17-33(23-14-20(29)10-12-24(23)38-3)41(36,37)21-11-13-25(39-4)26(15-21)40-5/h6-15,18H,16-17H2,1-5H3,(H,31,35)/t18-/m0/s1. The van der Waals surface area contributed by atoms with Gasteiger partial charge in [-0.05, 0) is 43.3 Å². The predicted molar refractivity (Wildman–Crippen MR) is 153 cm³/mol. The molecule has 1 atom stereocenters. The maximum Gasteiger partial charge on any atom is 0.265 e. The fourth-order valence-electron chi connectivity index (χ4n) is 4.08. The van der Waals surface area contributed by atoms with Crippen LogP contribution >= 0.6 is 11.6 Å². The first kappa shape index (κ1) is 31.5. The molecule has 3 rings (SSSR count). The number of rotatable bonds is 12. The van der Waals surface area contributed by atoms with Crippen molar-refractivity contribution in [3.63, 3.8) is 0 Å². The average Bonchev–Trinajstić information content (AvgIpc) is 2.97. The van der Waals surface area contributed by atoms with Crippen LogP contribution in [0.4, 0.5) is 10.1 Å². The Kier molecular flexibility index (Phi) is 10.4. The molecule has 2 amide bonds. The molecule has 0 aliphatic rings. The summed E-state index contributed by atoms with van der Waals surface area (Å²) in [5.41, 5.74) is 0.118. The normalized spacial score (nSPS) is 11.8. The molecule has 0 saturated heterocycles. The predicted octanol–water partition coefficient (Wildman–Crippen LogP) is 3.86. The van der Waals surface area contributed by atoms with Crippen LogP contribution in [-0.2, 0) is 26.2 Å². The highest BCUT2D eigenvalue weighted by Gasteiger charge is 2.34. The highest BCUT2D eigenvalue weighted by atomic mass is 35.5. The zero-order valence-electron chi connectivity index (χ0n) is 23.2. The number of anilines is 1. The lowest BCUT2D eigenvalue weighted by molar-refractivity contribution is -0.139. The molecule has 0 fully saturated rings. The molecule has 220 valence electrons. The van der Waals surface area contributed by atoms with Crippen LogP contribution in [-0.4, -0.2) is 66.1 Å². The summed E-state index contributed by atoms with van der Waals surface area (Å²) >= 11 is 6.23. The summed E-state index contributed by atoms with van der Waals surface area (Å²) < 4.78 is 59.6. The minimum absolute atomic E-state index is 0.0263. The molecule has 1 N–H and O–H groups in total. The van der Waals surface area contributed by atoms with Crippen molar-refractivity contribution in [1.82, 2.24) is 10.2 Å². The number of nitrogens with zero attached hydrogens (tertiary/aromatic N) is 2. The number of nitrogens with one attached hydrogen (secondary N) is 1. The van der Waals surface area contributed by atoms with Crippen molar-refractivity contribution in [1.29, 1.82) is 0 Å². The molecule has 41 heavy (non-hydrogen) atoms. The molecule has 0 radical (unpaired) electrons. The van der Waals surface area contributed by atoms with Gasteiger partial charge in [0.1, 0.15) is 24.2 Å². The van der Waals surface area contributed by atoms with Crippen LogP contribution < -0.4 is 23.8 Å². The van der Waals surface area contributed by atoms with E-state index in [1.165, 1.54) is 89.9 Å². The van der Waals surface area contributed by atoms with Gasteiger partial charge in [0.05, 0.1) is 31.9 Å². The number of ether oxygens (including phenoxy) is 3. The van der Waals surface area contributed by atoms with E-state index in [2.05, 4.69) is 5.32 Å². The number of carbonyl (C=O) groups excluding carboxylic acids is 2. The molecule has 13 heteroatoms. The van der Waals surface area contributed by atoms with Crippen molar-refractivity contribution >= 4 is 39.1 Å². The number of amides is 2. The SMILES string of the molecule is CNC(=O)[C@H](C)N(Cc1ccccc1F)C(=O)CN(c1cc(Cl)ccc1OC)S(=O)(=O)c1ccc(OC)c(OC)c1. The molecular weight excluding hydrogens is 577 g/mol. The molecule has 10 nitrogen and oxygen atoms in total. The van der Waals surface area contributed by atoms with E-state index < -0.39 is 40.2 Å². The van der Waals surface area contributed by atoms with Crippen molar-refractivity contribution in [2.75, 3.05) is 39.2 Å². The third kappa shape index (κ3) is 7.01. The first-order valence-electron chi connectivity index (χ1n) is 12.3. The van der Waals surface area contributed by atoms with Crippen molar-refractivity contribution in [3.05, 3.63) is 77.1 Å². The van der Waals surface area contributed by atoms with Gasteiger partial charge in [-0.2, -0.15) is 0 Å². The van der Waals surface area contributed by atoms with Crippen molar-refractivity contribution in [3.8, 4) is 17.2 Å². The van der Waals surface area contributed by atoms with Crippen LogP contribution in [0.15, 0.2) is 65.6 Å². The molecule has 0 aliphatic heterocycles. The minimum Gasteiger partial charge on any atom is -0.495 e. The Labute approximate surface area is 243 Å². The van der Waals surface area contributed by atoms with Gasteiger partial charge < -0.3 is 24.4 Å². The van der Waals surface area contributed by atoms with E-state index in [1.807, 2.05) is 0 Å². The van der Waals surface area contributed by atoms with Crippen molar-refractivity contribution < 1.29 is 36.6 Å². The van der Waals surface area contributed by atoms with Crippen LogP contribution in [0.5, 0.6) is 17.2 Å². The topological polar surface area (TPSA) is 114 Å². The molecular formula is C28H31ClFN3O7S. The van der Waals surface area contributed by atoms with Gasteiger partial charge in [0.25, 0.3) is 10.0 Å². The van der Waals surface area contributed by atoms with Gasteiger partial charge in [-0.25, -0.2) is 12.8 Å². The summed E-state index contributed by atoms with van der Waals surface area (Å²) in [5, 5.41) is 2.65. The van der Waals surface area contributed by atoms with Gasteiger partial charge in [0, 0.05) is 30.2 Å². The van der Waals surface area contributed by atoms with Crippen molar-refractivity contribution in [2.45, 2.75) is 24.4 Å². The lowest BCUT2D eigenvalue weighted by Crippen LogP contribution is -2.50. The molecule has 0 saturated carbocycles. The first-order chi connectivity index (χ1) is 19.5. The summed E-state index contributed by atoms with van der Waals surface area (Å²) in [4.78, 5) is 27.4. The van der Waals surface area contributed by atoms with Crippen LogP contribution in [0.25, 0.3) is 0 Å². The number of carbonyl (C=O) groups is 2. The zero-order chi connectivity index (χ0) is 30.3. The third-order valence-corrected chi connectivity index (χ3v) is 8.33. The minimum atomic E-state index is -4.49. The van der Waals surface area contributed by atoms with Gasteiger partial charge in [0.15, 0.2) is 11.5 Å². The average molecular weight is 608 g/mol. The van der Waals surface area contributed by atoms with Gasteiger partial charge in [-0.3, -0.25) is 13.9 Å². The largest absolute Gasteiger partial charge is 0.495 e. The Morgan fingerprint density at radius 1 is 0.951 bits per heavy atom. The Bertz CT molecular complexity index is 1520. The lowest BCUT2D eigenvalue weighted by Gasteiger charge is -2.32. The summed E-state index contributed by atoms with van der Waals surface area (Å²) in [6, 6.07) is 13.0. The van der Waals surface area contributed by atoms with Crippen LogP contribution in [0, 0.1) is 5.82 Å². The Balaban J connectivity index is 2.16. The molecule has 0 bridgehead atoms. The Morgan fingerprint density at radius 3 is 2.20 bits per heavy atom. The smallest absolute Gasteiger partial charge is 0.265 e. The van der Waals surface area contributed by atoms with Gasteiger partial charge in [-0.15, -0.1) is 0 Å². The number of benzene rings is 3. The highest BCUT2D eigenvalue weighted by molar-refractivity contribution is 7.92. The maximum absolute atomic E-state index is 14.6. The molecule has 3 aromatic rings. The Hall–Kier alpha value is -4.03. The molecule has 0 unspecified atom stereocenters. The second-order valence-corrected chi connectivity index (χ2v) is 11.0. The van der Waals surface area contributed by atoms with E-state index in [9.17, 15) is 22.4 Å². The van der Waals surface area contributed by atoms with E-state index in [1.54, 1.807) is 6.07 Å². The summed E-state index contributed by atoms with van der Waals surface area (Å²) in [5.74, 6) is -1.33. The number of methoxy groups -OCH3 is 3. The number of likely N-dealkylation sites (N-methyl/N-ethyl adjacent to an activating group) is 1. The monoisotopic (exact) mass is 607 g/mol. The third-order valence-electron chi connectivity index (χ3n) is 6.34. The lowest BCUT2D eigenvalue weighted by atomic mass is 10.1. The molecule has 3 aromatic carbocycles. The van der Waals surface area contributed by atoms with E-state index in [0.717, 1.165) is 9.21 Å². The fourth-order valence-corrected chi connectivity index (χ4v) is 5.68. The summed E-state index contributed by atoms with van der Waals surface area (Å²) in [7, 11) is 1.02. The Morgan fingerprint density at radius 2 is 1.59 bits per heavy atom. The summed E-state index contributed by atoms with van der Waals surface area (Å²) in [6.07, 6.45) is 0. The number of halogens is 2. The van der Waals surface area contributed by atoms with Crippen LogP contribution in [0.2, 0.25) is 5.02 Å². The quantitative estimate of drug-likeness (QED) is 0.332. The number of sulfonamides is 1. The van der Waals surface area contributed by atoms with E-state index in [0.29, 0.717) is 5.75 Å². The highest BCUT2D eigenvalue weighted by Crippen LogP contribution is 2.37. The van der Waals surface area contributed by atoms with Gasteiger partial charge in [-0.1, -0.05) is 29.8 Å². The molecule has 0 heterocycles. The number of hydrogen-bond acceptors (Lipinski definition) is 7. The fraction of sp³-hybridized carbons (Fsp3) is 0.286. The van der Waals surface area contributed by atoms with Gasteiger partial charge >= 0.3 is 0 Å². The van der Waals surface area contributed by atoms with E-state index in [4.69, 9.17) is 25.8 Å². The van der Waals surface area contributed by atoms with Gasteiger partial charge in [0.2, 0.25) is 11.8 Å². The molecule has 0 aromatic heterocycles. The first-order valence-corrected chi connectivity index (χ1v) is 14.1. The summed E-state index contributed by atoms with van der Waals surface area (Å²) in [6.45, 7) is 0.394. The van der Waals surface area contributed by atoms with E-state index in [-0.39, 0.29) is 39.2 Å². The second kappa shape index (κ2) is 13.6. The number of hydrogen-bond donors (Lipinski definition) is 1.